The third-order valence-corrected chi connectivity index (χ3v) is 4.18. The Balaban J connectivity index is 1.74. The van der Waals surface area contributed by atoms with Crippen LogP contribution in [-0.2, 0) is 0 Å². The van der Waals surface area contributed by atoms with Crippen LogP contribution in [-0.4, -0.2) is 21.5 Å². The minimum atomic E-state index is -0.214. The Morgan fingerprint density at radius 2 is 2.14 bits per heavy atom. The van der Waals surface area contributed by atoms with E-state index in [0.717, 1.165) is 28.0 Å². The fourth-order valence-corrected chi connectivity index (χ4v) is 3.04. The van der Waals surface area contributed by atoms with E-state index in [9.17, 15) is 4.39 Å². The van der Waals surface area contributed by atoms with Gasteiger partial charge >= 0.3 is 0 Å². The number of aromatic amines is 1. The van der Waals surface area contributed by atoms with Gasteiger partial charge in [-0.25, -0.2) is 14.4 Å². The molecule has 0 unspecified atom stereocenters. The molecule has 6 heteroatoms. The summed E-state index contributed by atoms with van der Waals surface area (Å²) in [5, 5.41) is 7.78. The summed E-state index contributed by atoms with van der Waals surface area (Å²) < 4.78 is 13.7. The molecule has 0 fully saturated rings. The maximum absolute atomic E-state index is 13.7. The number of anilines is 1. The summed E-state index contributed by atoms with van der Waals surface area (Å²) in [6.45, 7) is 2.80. The van der Waals surface area contributed by atoms with Crippen molar-refractivity contribution in [3.05, 3.63) is 53.7 Å². The first kappa shape index (κ1) is 13.2. The fraction of sp³-hybridized carbons (Fsp3) is 0.250. The van der Waals surface area contributed by atoms with Gasteiger partial charge in [-0.05, 0) is 36.2 Å². The summed E-state index contributed by atoms with van der Waals surface area (Å²) in [7, 11) is 0. The molecule has 0 spiro atoms. The Morgan fingerprint density at radius 1 is 1.23 bits per heavy atom. The molecule has 3 N–H and O–H groups in total. The molecule has 5 nitrogen and oxygen atoms in total. The van der Waals surface area contributed by atoms with E-state index in [4.69, 9.17) is 0 Å². The van der Waals surface area contributed by atoms with Crippen LogP contribution in [0, 0.1) is 5.82 Å². The number of benzene rings is 1. The van der Waals surface area contributed by atoms with Gasteiger partial charge in [-0.1, -0.05) is 6.07 Å². The Morgan fingerprint density at radius 3 is 3.05 bits per heavy atom. The second-order valence-electron chi connectivity index (χ2n) is 5.56. The largest absolute Gasteiger partial charge is 0.361 e. The smallest absolute Gasteiger partial charge is 0.142 e. The first-order chi connectivity index (χ1) is 10.7. The van der Waals surface area contributed by atoms with Crippen LogP contribution in [0.1, 0.15) is 30.1 Å². The van der Waals surface area contributed by atoms with E-state index in [1.165, 1.54) is 12.4 Å². The van der Waals surface area contributed by atoms with Gasteiger partial charge in [-0.15, -0.1) is 0 Å². The molecule has 2 aromatic heterocycles. The zero-order chi connectivity index (χ0) is 15.1. The van der Waals surface area contributed by atoms with E-state index >= 15 is 0 Å². The Hall–Kier alpha value is -2.47. The molecule has 1 aromatic carbocycles. The van der Waals surface area contributed by atoms with E-state index < -0.39 is 0 Å². The van der Waals surface area contributed by atoms with Gasteiger partial charge in [-0.3, -0.25) is 0 Å². The number of aromatic nitrogens is 3. The van der Waals surface area contributed by atoms with Crippen molar-refractivity contribution in [2.24, 2.45) is 0 Å². The van der Waals surface area contributed by atoms with E-state index in [-0.39, 0.29) is 17.9 Å². The molecule has 0 radical (unpaired) electrons. The number of halogens is 1. The molecule has 0 saturated carbocycles. The third kappa shape index (κ3) is 2.12. The van der Waals surface area contributed by atoms with E-state index in [1.807, 2.05) is 18.3 Å². The molecule has 3 heterocycles. The van der Waals surface area contributed by atoms with Crippen molar-refractivity contribution >= 4 is 16.9 Å². The van der Waals surface area contributed by atoms with Gasteiger partial charge < -0.3 is 15.6 Å². The first-order valence-electron chi connectivity index (χ1n) is 7.30. The van der Waals surface area contributed by atoms with Crippen LogP contribution in [0.2, 0.25) is 0 Å². The molecule has 0 aliphatic carbocycles. The molecule has 3 aromatic rings. The lowest BCUT2D eigenvalue weighted by Gasteiger charge is -2.31. The molecule has 0 bridgehead atoms. The van der Waals surface area contributed by atoms with Gasteiger partial charge in [0, 0.05) is 18.8 Å². The van der Waals surface area contributed by atoms with Crippen LogP contribution in [0.25, 0.3) is 11.0 Å². The summed E-state index contributed by atoms with van der Waals surface area (Å²) in [5.74, 6) is 0.539. The van der Waals surface area contributed by atoms with E-state index in [2.05, 4.69) is 32.5 Å². The lowest BCUT2D eigenvalue weighted by Crippen LogP contribution is -2.35. The minimum Gasteiger partial charge on any atom is -0.361 e. The average molecular weight is 297 g/mol. The van der Waals surface area contributed by atoms with E-state index in [1.54, 1.807) is 6.07 Å². The highest BCUT2D eigenvalue weighted by atomic mass is 19.1. The van der Waals surface area contributed by atoms with Gasteiger partial charge in [0.05, 0.1) is 11.4 Å². The number of H-pyrrole nitrogens is 1. The fourth-order valence-electron chi connectivity index (χ4n) is 3.04. The quantitative estimate of drug-likeness (QED) is 0.680. The maximum atomic E-state index is 13.7. The molecule has 22 heavy (non-hydrogen) atoms. The first-order valence-corrected chi connectivity index (χ1v) is 7.30. The summed E-state index contributed by atoms with van der Waals surface area (Å²) >= 11 is 0. The van der Waals surface area contributed by atoms with Crippen LogP contribution < -0.4 is 10.6 Å². The molecule has 1 aliphatic rings. The van der Waals surface area contributed by atoms with Crippen molar-refractivity contribution in [2.75, 3.05) is 11.9 Å². The molecule has 112 valence electrons. The van der Waals surface area contributed by atoms with Gasteiger partial charge in [0.1, 0.15) is 23.6 Å². The summed E-state index contributed by atoms with van der Waals surface area (Å²) in [4.78, 5) is 11.6. The number of rotatable bonds is 2. The van der Waals surface area contributed by atoms with Crippen molar-refractivity contribution < 1.29 is 4.39 Å². The highest BCUT2D eigenvalue weighted by Gasteiger charge is 2.25. The van der Waals surface area contributed by atoms with Crippen LogP contribution in [0.5, 0.6) is 0 Å². The van der Waals surface area contributed by atoms with Gasteiger partial charge in [0.2, 0.25) is 0 Å². The number of nitrogens with one attached hydrogen (secondary N) is 3. The predicted octanol–water partition coefficient (Wildman–Crippen LogP) is 2.91. The van der Waals surface area contributed by atoms with E-state index in [0.29, 0.717) is 6.54 Å². The molecular formula is C16H16FN5. The third-order valence-electron chi connectivity index (χ3n) is 4.18. The molecule has 2 atom stereocenters. The molecular weight excluding hydrogens is 281 g/mol. The Labute approximate surface area is 127 Å². The Kier molecular flexibility index (Phi) is 3.04. The van der Waals surface area contributed by atoms with Gasteiger partial charge in [-0.2, -0.15) is 0 Å². The van der Waals surface area contributed by atoms with Crippen LogP contribution in [0.3, 0.4) is 0 Å². The SMILES string of the molecule is C[C@@H]1NC[C@@H](Nc2ncnc3[nH]ccc23)c2cc(F)ccc21. The lowest BCUT2D eigenvalue weighted by atomic mass is 9.91. The van der Waals surface area contributed by atoms with Crippen molar-refractivity contribution in [2.45, 2.75) is 19.0 Å². The van der Waals surface area contributed by atoms with Gasteiger partial charge in [0.15, 0.2) is 0 Å². The highest BCUT2D eigenvalue weighted by molar-refractivity contribution is 5.86. The van der Waals surface area contributed by atoms with Crippen molar-refractivity contribution in [3.63, 3.8) is 0 Å². The van der Waals surface area contributed by atoms with Crippen molar-refractivity contribution in [1.82, 2.24) is 20.3 Å². The standard InChI is InChI=1S/C16H16FN5/c1-9-11-3-2-10(17)6-13(11)14(7-19-9)22-16-12-4-5-18-15(12)20-8-21-16/h2-6,8-9,14,19H,7H2,1H3,(H2,18,20,21,22)/t9-,14+/m0/s1. The van der Waals surface area contributed by atoms with Crippen LogP contribution >= 0.6 is 0 Å². The summed E-state index contributed by atoms with van der Waals surface area (Å²) in [5.41, 5.74) is 2.88. The maximum Gasteiger partial charge on any atom is 0.142 e. The monoisotopic (exact) mass is 297 g/mol. The van der Waals surface area contributed by atoms with Gasteiger partial charge in [0.25, 0.3) is 0 Å². The average Bonchev–Trinajstić information content (AvgIpc) is 2.99. The predicted molar refractivity (Wildman–Crippen MR) is 83.1 cm³/mol. The van der Waals surface area contributed by atoms with Crippen molar-refractivity contribution in [3.8, 4) is 0 Å². The topological polar surface area (TPSA) is 65.6 Å². The number of nitrogens with zero attached hydrogens (tertiary/aromatic N) is 2. The van der Waals surface area contributed by atoms with Crippen LogP contribution in [0.15, 0.2) is 36.8 Å². The molecule has 0 saturated heterocycles. The zero-order valence-corrected chi connectivity index (χ0v) is 12.1. The molecule has 0 amide bonds. The number of fused-ring (bicyclic) bond motifs is 2. The molecule has 1 aliphatic heterocycles. The normalized spacial score (nSPS) is 20.8. The number of hydrogen-bond donors (Lipinski definition) is 3. The highest BCUT2D eigenvalue weighted by Crippen LogP contribution is 2.32. The minimum absolute atomic E-state index is 0.0325. The summed E-state index contributed by atoms with van der Waals surface area (Å²) in [6.07, 6.45) is 3.35. The second kappa shape index (κ2) is 5.06. The second-order valence-corrected chi connectivity index (χ2v) is 5.56. The van der Waals surface area contributed by atoms with Crippen molar-refractivity contribution in [1.29, 1.82) is 0 Å². The zero-order valence-electron chi connectivity index (χ0n) is 12.1. The summed E-state index contributed by atoms with van der Waals surface area (Å²) in [6, 6.07) is 7.08. The number of hydrogen-bond acceptors (Lipinski definition) is 4. The Bertz CT molecular complexity index is 828. The lowest BCUT2D eigenvalue weighted by molar-refractivity contribution is 0.495. The van der Waals surface area contributed by atoms with Crippen LogP contribution in [0.4, 0.5) is 10.2 Å². The molecule has 4 rings (SSSR count).